The molecule has 0 radical (unpaired) electrons. The molecule has 0 fully saturated rings. The number of carbonyl (C=O) groups excluding carboxylic acids is 4. The van der Waals surface area contributed by atoms with E-state index < -0.39 is 53.8 Å². The van der Waals surface area contributed by atoms with E-state index in [0.717, 1.165) is 0 Å². The van der Waals surface area contributed by atoms with Crippen LogP contribution in [0.5, 0.6) is 0 Å². The van der Waals surface area contributed by atoms with Crippen LogP contribution in [0, 0.1) is 11.8 Å². The molecular weight excluding hydrogens is 438 g/mol. The number of carbonyl (C=O) groups is 5. The number of thiol groups is 1. The zero-order valence-electron chi connectivity index (χ0n) is 19.1. The van der Waals surface area contributed by atoms with Gasteiger partial charge < -0.3 is 32.5 Å². The lowest BCUT2D eigenvalue weighted by Crippen LogP contribution is -2.57. The van der Waals surface area contributed by atoms with Gasteiger partial charge in [0.1, 0.15) is 18.1 Å². The fraction of sp³-hybridized carbons (Fsp3) is 0.750. The number of amides is 4. The first kappa shape index (κ1) is 29.7. The van der Waals surface area contributed by atoms with Gasteiger partial charge in [0.15, 0.2) is 0 Å². The highest BCUT2D eigenvalue weighted by molar-refractivity contribution is 7.80. The Labute approximate surface area is 194 Å². The molecule has 11 nitrogen and oxygen atoms in total. The molecule has 184 valence electrons. The summed E-state index contributed by atoms with van der Waals surface area (Å²) in [5.41, 5.74) is 10.9. The first-order chi connectivity index (χ1) is 14.8. The molecule has 0 aromatic carbocycles. The van der Waals surface area contributed by atoms with Crippen molar-refractivity contribution in [3.05, 3.63) is 0 Å². The van der Waals surface area contributed by atoms with Gasteiger partial charge in [0, 0.05) is 12.2 Å². The maximum atomic E-state index is 12.9. The van der Waals surface area contributed by atoms with Crippen LogP contribution in [-0.4, -0.2) is 64.6 Å². The van der Waals surface area contributed by atoms with Gasteiger partial charge in [0.25, 0.3) is 0 Å². The van der Waals surface area contributed by atoms with Crippen molar-refractivity contribution < 1.29 is 29.1 Å². The van der Waals surface area contributed by atoms with E-state index in [0.29, 0.717) is 0 Å². The summed E-state index contributed by atoms with van der Waals surface area (Å²) < 4.78 is 0. The van der Waals surface area contributed by atoms with E-state index in [9.17, 15) is 24.0 Å². The van der Waals surface area contributed by atoms with Crippen LogP contribution in [0.4, 0.5) is 0 Å². The molecule has 0 saturated heterocycles. The quantitative estimate of drug-likeness (QED) is 0.150. The molecule has 0 aromatic heterocycles. The first-order valence-electron chi connectivity index (χ1n) is 10.6. The van der Waals surface area contributed by atoms with Crippen LogP contribution in [0.25, 0.3) is 0 Å². The minimum Gasteiger partial charge on any atom is -0.480 e. The second kappa shape index (κ2) is 14.7. The molecule has 0 aromatic rings. The van der Waals surface area contributed by atoms with Gasteiger partial charge in [-0.2, -0.15) is 12.6 Å². The lowest BCUT2D eigenvalue weighted by Gasteiger charge is -2.26. The topological polar surface area (TPSA) is 194 Å². The summed E-state index contributed by atoms with van der Waals surface area (Å²) in [7, 11) is 0. The van der Waals surface area contributed by atoms with E-state index in [1.54, 1.807) is 0 Å². The van der Waals surface area contributed by atoms with Gasteiger partial charge in [-0.3, -0.25) is 19.2 Å². The molecule has 0 rings (SSSR count). The molecule has 0 bridgehead atoms. The van der Waals surface area contributed by atoms with E-state index >= 15 is 0 Å². The minimum absolute atomic E-state index is 0.0192. The summed E-state index contributed by atoms with van der Waals surface area (Å²) in [6.45, 7) is 7.43. The molecule has 4 atom stereocenters. The van der Waals surface area contributed by atoms with Gasteiger partial charge in [-0.1, -0.05) is 27.7 Å². The standard InChI is InChI=1S/C20H37N5O6S/c1-10(2)7-13(23-17(27)12(21)5-6-16(22)26)18(28)24-14(8-11(3)4)19(29)25-15(9-32)20(30)31/h10-15,32H,5-9,21H2,1-4H3,(H2,22,26)(H,23,27)(H,24,28)(H,25,29)(H,30,31). The van der Waals surface area contributed by atoms with Crippen LogP contribution in [0.2, 0.25) is 0 Å². The van der Waals surface area contributed by atoms with Crippen molar-refractivity contribution in [3.8, 4) is 0 Å². The van der Waals surface area contributed by atoms with Crippen molar-refractivity contribution in [1.29, 1.82) is 0 Å². The number of rotatable bonds is 15. The Balaban J connectivity index is 5.39. The van der Waals surface area contributed by atoms with Crippen LogP contribution in [-0.2, 0) is 24.0 Å². The number of nitrogens with two attached hydrogens (primary N) is 2. The van der Waals surface area contributed by atoms with Crippen LogP contribution < -0.4 is 27.4 Å². The zero-order valence-corrected chi connectivity index (χ0v) is 20.0. The number of carboxylic acids is 1. The molecule has 4 unspecified atom stereocenters. The molecule has 12 heteroatoms. The van der Waals surface area contributed by atoms with Crippen molar-refractivity contribution in [3.63, 3.8) is 0 Å². The van der Waals surface area contributed by atoms with Crippen molar-refractivity contribution >= 4 is 42.2 Å². The number of nitrogens with one attached hydrogen (secondary N) is 3. The molecule has 0 aliphatic heterocycles. The first-order valence-corrected chi connectivity index (χ1v) is 11.2. The highest BCUT2D eigenvalue weighted by atomic mass is 32.1. The smallest absolute Gasteiger partial charge is 0.327 e. The number of aliphatic carboxylic acids is 1. The predicted molar refractivity (Wildman–Crippen MR) is 123 cm³/mol. The number of hydrogen-bond donors (Lipinski definition) is 7. The lowest BCUT2D eigenvalue weighted by atomic mass is 9.99. The molecule has 0 aliphatic carbocycles. The molecule has 0 spiro atoms. The Bertz CT molecular complexity index is 673. The Kier molecular flexibility index (Phi) is 13.6. The van der Waals surface area contributed by atoms with Crippen LogP contribution in [0.1, 0.15) is 53.4 Å². The molecule has 4 amide bonds. The maximum Gasteiger partial charge on any atom is 0.327 e. The molecule has 32 heavy (non-hydrogen) atoms. The summed E-state index contributed by atoms with van der Waals surface area (Å²) in [5.74, 6) is -3.74. The Morgan fingerprint density at radius 1 is 0.812 bits per heavy atom. The third kappa shape index (κ3) is 11.9. The van der Waals surface area contributed by atoms with E-state index in [4.69, 9.17) is 16.6 Å². The third-order valence-corrected chi connectivity index (χ3v) is 4.88. The van der Waals surface area contributed by atoms with Crippen molar-refractivity contribution in [2.24, 2.45) is 23.3 Å². The Morgan fingerprint density at radius 2 is 1.22 bits per heavy atom. The molecule has 0 saturated carbocycles. The largest absolute Gasteiger partial charge is 0.480 e. The summed E-state index contributed by atoms with van der Waals surface area (Å²) in [5, 5.41) is 16.7. The van der Waals surface area contributed by atoms with Crippen molar-refractivity contribution in [2.75, 3.05) is 5.75 Å². The summed E-state index contributed by atoms with van der Waals surface area (Å²) in [4.78, 5) is 60.1. The predicted octanol–water partition coefficient (Wildman–Crippen LogP) is -0.860. The minimum atomic E-state index is -1.24. The molecular formula is C20H37N5O6S. The summed E-state index contributed by atoms with van der Waals surface area (Å²) in [6.07, 6.45) is 0.513. The zero-order chi connectivity index (χ0) is 25.0. The maximum absolute atomic E-state index is 12.9. The Morgan fingerprint density at radius 3 is 1.56 bits per heavy atom. The highest BCUT2D eigenvalue weighted by Crippen LogP contribution is 2.10. The van der Waals surface area contributed by atoms with Gasteiger partial charge in [0.05, 0.1) is 6.04 Å². The average molecular weight is 476 g/mol. The lowest BCUT2D eigenvalue weighted by molar-refractivity contribution is -0.141. The number of primary amides is 1. The second-order valence-corrected chi connectivity index (χ2v) is 8.94. The van der Waals surface area contributed by atoms with Gasteiger partial charge >= 0.3 is 5.97 Å². The SMILES string of the molecule is CC(C)CC(NC(=O)C(N)CCC(N)=O)C(=O)NC(CC(C)C)C(=O)NC(CS)C(=O)O. The second-order valence-electron chi connectivity index (χ2n) is 8.57. The molecule has 8 N–H and O–H groups in total. The van der Waals surface area contributed by atoms with Gasteiger partial charge in [0.2, 0.25) is 23.6 Å². The third-order valence-electron chi connectivity index (χ3n) is 4.52. The number of hydrogen-bond acceptors (Lipinski definition) is 7. The van der Waals surface area contributed by atoms with Crippen molar-refractivity contribution in [2.45, 2.75) is 77.5 Å². The van der Waals surface area contributed by atoms with Gasteiger partial charge in [-0.15, -0.1) is 0 Å². The summed E-state index contributed by atoms with van der Waals surface area (Å²) >= 11 is 3.92. The van der Waals surface area contributed by atoms with Crippen LogP contribution in [0.15, 0.2) is 0 Å². The Hall–Kier alpha value is -2.34. The van der Waals surface area contributed by atoms with E-state index in [2.05, 4.69) is 28.6 Å². The molecule has 0 aliphatic rings. The van der Waals surface area contributed by atoms with Gasteiger partial charge in [-0.05, 0) is 31.1 Å². The highest BCUT2D eigenvalue weighted by Gasteiger charge is 2.30. The van der Waals surface area contributed by atoms with E-state index in [-0.39, 0.29) is 43.3 Å². The summed E-state index contributed by atoms with van der Waals surface area (Å²) in [6, 6.07) is -4.19. The average Bonchev–Trinajstić information content (AvgIpc) is 2.67. The monoisotopic (exact) mass is 475 g/mol. The van der Waals surface area contributed by atoms with Crippen LogP contribution in [0.3, 0.4) is 0 Å². The number of carboxylic acid groups (broad SMARTS) is 1. The van der Waals surface area contributed by atoms with E-state index in [1.165, 1.54) is 0 Å². The van der Waals surface area contributed by atoms with Crippen LogP contribution >= 0.6 is 12.6 Å². The van der Waals surface area contributed by atoms with Crippen molar-refractivity contribution in [1.82, 2.24) is 16.0 Å². The fourth-order valence-electron chi connectivity index (χ4n) is 2.84. The fourth-order valence-corrected chi connectivity index (χ4v) is 3.09. The molecule has 0 heterocycles. The van der Waals surface area contributed by atoms with E-state index in [1.807, 2.05) is 27.7 Å². The normalized spacial score (nSPS) is 14.9. The van der Waals surface area contributed by atoms with Gasteiger partial charge in [-0.25, -0.2) is 4.79 Å².